The topological polar surface area (TPSA) is 0 Å². The fraction of sp³-hybridized carbons (Fsp3) is 0.818. The lowest BCUT2D eigenvalue weighted by molar-refractivity contribution is 0.0548. The Bertz CT molecular complexity index is 316. The van der Waals surface area contributed by atoms with Crippen LogP contribution in [0.5, 0.6) is 0 Å². The molecule has 0 aromatic heterocycles. The molecule has 3 rings (SSSR count). The van der Waals surface area contributed by atoms with E-state index in [0.717, 1.165) is 11.3 Å². The first-order valence-corrected chi connectivity index (χ1v) is 10.0. The Hall–Kier alpha value is -0.520. The first kappa shape index (κ1) is 17.8. The Morgan fingerprint density at radius 3 is 2.14 bits per heavy atom. The Balaban J connectivity index is 1.46. The Kier molecular flexibility index (Phi) is 7.76. The van der Waals surface area contributed by atoms with Crippen LogP contribution in [0.15, 0.2) is 24.8 Å². The lowest BCUT2D eigenvalue weighted by atomic mass is 9.59. The maximum atomic E-state index is 4.33. The summed E-state index contributed by atoms with van der Waals surface area (Å²) in [4.78, 5) is 0. The summed E-state index contributed by atoms with van der Waals surface area (Å²) in [6.45, 7) is 8.11. The van der Waals surface area contributed by atoms with Crippen molar-refractivity contribution >= 4 is 0 Å². The van der Waals surface area contributed by atoms with E-state index in [1.807, 2.05) is 6.08 Å². The highest BCUT2D eigenvalue weighted by Crippen LogP contribution is 2.52. The van der Waals surface area contributed by atoms with Gasteiger partial charge < -0.3 is 0 Å². The zero-order valence-corrected chi connectivity index (χ0v) is 14.9. The number of rotatable bonds is 12. The maximum Gasteiger partial charge on any atom is -0.0297 e. The van der Waals surface area contributed by atoms with Gasteiger partial charge in [-0.15, -0.1) is 6.58 Å². The molecule has 3 saturated carbocycles. The number of allylic oxidation sites excluding steroid dienone is 2. The van der Waals surface area contributed by atoms with E-state index in [9.17, 15) is 0 Å². The van der Waals surface area contributed by atoms with Gasteiger partial charge in [0.2, 0.25) is 0 Å². The van der Waals surface area contributed by atoms with Crippen molar-refractivity contribution < 1.29 is 0 Å². The van der Waals surface area contributed by atoms with Gasteiger partial charge in [-0.2, -0.15) is 0 Å². The van der Waals surface area contributed by atoms with Gasteiger partial charge in [-0.05, 0) is 94.8 Å². The summed E-state index contributed by atoms with van der Waals surface area (Å²) in [5.74, 6) is 1.10. The van der Waals surface area contributed by atoms with E-state index < -0.39 is 0 Å². The highest BCUT2D eigenvalue weighted by atomic mass is 14.4. The molecule has 0 aliphatic heterocycles. The normalized spacial score (nSPS) is 27.0. The Morgan fingerprint density at radius 2 is 1.45 bits per heavy atom. The first-order chi connectivity index (χ1) is 10.7. The molecule has 0 aromatic rings. The van der Waals surface area contributed by atoms with Gasteiger partial charge in [-0.1, -0.05) is 37.5 Å². The second-order valence-corrected chi connectivity index (χ2v) is 8.18. The van der Waals surface area contributed by atoms with Crippen molar-refractivity contribution in [3.63, 3.8) is 0 Å². The summed E-state index contributed by atoms with van der Waals surface area (Å²) in [5.41, 5.74) is 2.28. The van der Waals surface area contributed by atoms with E-state index in [-0.39, 0.29) is 0 Å². The monoisotopic (exact) mass is 302 g/mol. The molecule has 0 radical (unpaired) electrons. The quantitative estimate of drug-likeness (QED) is 0.257. The summed E-state index contributed by atoms with van der Waals surface area (Å²) in [6.07, 6.45) is 24.8. The number of unbranched alkanes of at least 4 members (excludes halogenated alkanes) is 5. The summed E-state index contributed by atoms with van der Waals surface area (Å²) in [7, 11) is 0. The van der Waals surface area contributed by atoms with Crippen LogP contribution in [-0.4, -0.2) is 0 Å². The van der Waals surface area contributed by atoms with Crippen LogP contribution in [0.2, 0.25) is 0 Å². The van der Waals surface area contributed by atoms with Gasteiger partial charge in [0.15, 0.2) is 0 Å². The van der Waals surface area contributed by atoms with Gasteiger partial charge in [0.05, 0.1) is 0 Å². The lowest BCUT2D eigenvalue weighted by Crippen LogP contribution is -2.33. The maximum absolute atomic E-state index is 4.33. The number of fused-ring (bicyclic) bond motifs is 3. The average molecular weight is 303 g/mol. The molecule has 0 heterocycles. The van der Waals surface area contributed by atoms with Crippen LogP contribution >= 0.6 is 0 Å². The average Bonchev–Trinajstić information content (AvgIpc) is 2.55. The van der Waals surface area contributed by atoms with E-state index in [1.165, 1.54) is 108 Å². The third kappa shape index (κ3) is 5.94. The van der Waals surface area contributed by atoms with Crippen LogP contribution < -0.4 is 0 Å². The van der Waals surface area contributed by atoms with Gasteiger partial charge in [-0.3, -0.25) is 0 Å². The smallest absolute Gasteiger partial charge is 0.0297 e. The summed E-state index contributed by atoms with van der Waals surface area (Å²) in [6, 6.07) is 0. The highest BCUT2D eigenvalue weighted by molar-refractivity contribution is 4.96. The van der Waals surface area contributed by atoms with Crippen LogP contribution in [-0.2, 0) is 0 Å². The zero-order valence-electron chi connectivity index (χ0n) is 14.9. The van der Waals surface area contributed by atoms with Gasteiger partial charge in [0, 0.05) is 0 Å². The van der Waals surface area contributed by atoms with E-state index in [2.05, 4.69) is 13.2 Å². The van der Waals surface area contributed by atoms with Crippen molar-refractivity contribution in [1.29, 1.82) is 0 Å². The molecule has 0 saturated heterocycles. The minimum atomic E-state index is 0.764. The second-order valence-electron chi connectivity index (χ2n) is 8.18. The molecule has 3 aliphatic rings. The zero-order chi connectivity index (χ0) is 15.7. The van der Waals surface area contributed by atoms with Crippen molar-refractivity contribution in [2.45, 2.75) is 103 Å². The standard InChI is InChI=1S/C22H38/c1-3-4-5-6-7-8-9-11-20(2)12-10-16-22-17-13-21(14-18-22)15-19-22/h3,21H,1-2,4-19H2. The van der Waals surface area contributed by atoms with Crippen molar-refractivity contribution in [2.24, 2.45) is 11.3 Å². The lowest BCUT2D eigenvalue weighted by Gasteiger charge is -2.47. The molecule has 0 unspecified atom stereocenters. The van der Waals surface area contributed by atoms with Crippen molar-refractivity contribution in [2.75, 3.05) is 0 Å². The number of hydrogen-bond donors (Lipinski definition) is 0. The van der Waals surface area contributed by atoms with Gasteiger partial charge in [0.1, 0.15) is 0 Å². The van der Waals surface area contributed by atoms with Crippen molar-refractivity contribution in [3.8, 4) is 0 Å². The molecule has 0 heteroatoms. The van der Waals surface area contributed by atoms with E-state index in [0.29, 0.717) is 0 Å². The van der Waals surface area contributed by atoms with Gasteiger partial charge >= 0.3 is 0 Å². The molecule has 0 spiro atoms. The molecule has 0 nitrogen and oxygen atoms in total. The van der Waals surface area contributed by atoms with Crippen LogP contribution in [0.3, 0.4) is 0 Å². The predicted octanol–water partition coefficient (Wildman–Crippen LogP) is 7.60. The first-order valence-electron chi connectivity index (χ1n) is 10.0. The molecule has 2 bridgehead atoms. The molecule has 0 atom stereocenters. The molecule has 0 amide bonds. The molecule has 22 heavy (non-hydrogen) atoms. The van der Waals surface area contributed by atoms with Crippen LogP contribution in [0.25, 0.3) is 0 Å². The van der Waals surface area contributed by atoms with E-state index in [4.69, 9.17) is 0 Å². The van der Waals surface area contributed by atoms with Crippen LogP contribution in [0, 0.1) is 11.3 Å². The fourth-order valence-electron chi connectivity index (χ4n) is 4.75. The largest absolute Gasteiger partial charge is 0.103 e. The second kappa shape index (κ2) is 9.58. The third-order valence-electron chi connectivity index (χ3n) is 6.42. The predicted molar refractivity (Wildman–Crippen MR) is 99.1 cm³/mol. The minimum Gasteiger partial charge on any atom is -0.103 e. The summed E-state index contributed by atoms with van der Waals surface area (Å²) < 4.78 is 0. The molecule has 0 aromatic carbocycles. The fourth-order valence-corrected chi connectivity index (χ4v) is 4.75. The molecule has 3 aliphatic carbocycles. The molecule has 0 N–H and O–H groups in total. The Morgan fingerprint density at radius 1 is 0.864 bits per heavy atom. The molecular weight excluding hydrogens is 264 g/mol. The SMILES string of the molecule is C=CCCCCCCCC(=C)CCCC12CCC(CC1)CC2. The Labute approximate surface area is 139 Å². The van der Waals surface area contributed by atoms with E-state index in [1.54, 1.807) is 0 Å². The molecule has 126 valence electrons. The summed E-state index contributed by atoms with van der Waals surface area (Å²) >= 11 is 0. The third-order valence-corrected chi connectivity index (χ3v) is 6.42. The van der Waals surface area contributed by atoms with E-state index >= 15 is 0 Å². The number of hydrogen-bond acceptors (Lipinski definition) is 0. The minimum absolute atomic E-state index is 0.764. The van der Waals surface area contributed by atoms with Crippen LogP contribution in [0.4, 0.5) is 0 Å². The van der Waals surface area contributed by atoms with Gasteiger partial charge in [-0.25, -0.2) is 0 Å². The van der Waals surface area contributed by atoms with Crippen LogP contribution in [0.1, 0.15) is 103 Å². The van der Waals surface area contributed by atoms with Gasteiger partial charge in [0.25, 0.3) is 0 Å². The summed E-state index contributed by atoms with van der Waals surface area (Å²) in [5, 5.41) is 0. The van der Waals surface area contributed by atoms with Crippen molar-refractivity contribution in [3.05, 3.63) is 24.8 Å². The van der Waals surface area contributed by atoms with Crippen molar-refractivity contribution in [1.82, 2.24) is 0 Å². The molecule has 3 fully saturated rings. The molecular formula is C22H38. The highest BCUT2D eigenvalue weighted by Gasteiger charge is 2.39.